The summed E-state index contributed by atoms with van der Waals surface area (Å²) in [6.45, 7) is 0. The van der Waals surface area contributed by atoms with Crippen LogP contribution in [-0.2, 0) is 0 Å². The summed E-state index contributed by atoms with van der Waals surface area (Å²) in [6.07, 6.45) is 5.08. The Kier molecular flexibility index (Phi) is 3.83. The Hall–Kier alpha value is -1.52. The van der Waals surface area contributed by atoms with E-state index in [1.54, 1.807) is 0 Å². The molecular formula is C14H18ClN3O. The molecule has 4 nitrogen and oxygen atoms in total. The second-order valence-corrected chi connectivity index (χ2v) is 5.10. The molecule has 1 amide bonds. The van der Waals surface area contributed by atoms with Gasteiger partial charge in [0.2, 0.25) is 0 Å². The van der Waals surface area contributed by atoms with Gasteiger partial charge in [-0.2, -0.15) is 0 Å². The third-order valence-electron chi connectivity index (χ3n) is 3.94. The fourth-order valence-electron chi connectivity index (χ4n) is 3.04. The van der Waals surface area contributed by atoms with Crippen LogP contribution < -0.4 is 11.5 Å². The molecule has 0 saturated heterocycles. The predicted octanol–water partition coefficient (Wildman–Crippen LogP) is 2.28. The molecule has 1 aliphatic carbocycles. The van der Waals surface area contributed by atoms with Crippen LogP contribution in [0.15, 0.2) is 24.4 Å². The van der Waals surface area contributed by atoms with Crippen molar-refractivity contribution in [2.45, 2.75) is 31.2 Å². The summed E-state index contributed by atoms with van der Waals surface area (Å²) in [5.41, 5.74) is 14.0. The van der Waals surface area contributed by atoms with Gasteiger partial charge in [0.15, 0.2) is 0 Å². The molecule has 2 aromatic rings. The number of aromatic nitrogens is 1. The largest absolute Gasteiger partial charge is 0.366 e. The van der Waals surface area contributed by atoms with E-state index in [4.69, 9.17) is 11.5 Å². The average molecular weight is 280 g/mol. The maximum Gasteiger partial charge on any atom is 0.250 e. The van der Waals surface area contributed by atoms with Crippen LogP contribution in [0.4, 0.5) is 0 Å². The highest BCUT2D eigenvalue weighted by Crippen LogP contribution is 2.37. The van der Waals surface area contributed by atoms with E-state index in [1.807, 2.05) is 24.4 Å². The number of aromatic amines is 1. The molecule has 19 heavy (non-hydrogen) atoms. The minimum atomic E-state index is -0.392. The van der Waals surface area contributed by atoms with Crippen LogP contribution in [0.3, 0.4) is 0 Å². The van der Waals surface area contributed by atoms with Crippen LogP contribution in [0.5, 0.6) is 0 Å². The molecule has 0 aliphatic heterocycles. The molecule has 0 radical (unpaired) electrons. The molecular weight excluding hydrogens is 262 g/mol. The van der Waals surface area contributed by atoms with Crippen molar-refractivity contribution >= 4 is 29.2 Å². The van der Waals surface area contributed by atoms with Crippen LogP contribution in [0, 0.1) is 0 Å². The van der Waals surface area contributed by atoms with E-state index in [2.05, 4.69) is 4.98 Å². The first-order chi connectivity index (χ1) is 8.66. The lowest BCUT2D eigenvalue weighted by atomic mass is 9.92. The third kappa shape index (κ3) is 2.33. The number of benzene rings is 1. The van der Waals surface area contributed by atoms with E-state index in [-0.39, 0.29) is 12.4 Å². The minimum absolute atomic E-state index is 0. The van der Waals surface area contributed by atoms with Gasteiger partial charge in [0.05, 0.1) is 11.1 Å². The van der Waals surface area contributed by atoms with E-state index in [9.17, 15) is 4.79 Å². The predicted molar refractivity (Wildman–Crippen MR) is 78.6 cm³/mol. The van der Waals surface area contributed by atoms with Gasteiger partial charge < -0.3 is 16.5 Å². The number of primary amides is 1. The molecule has 1 heterocycles. The van der Waals surface area contributed by atoms with Crippen LogP contribution >= 0.6 is 12.4 Å². The fourth-order valence-corrected chi connectivity index (χ4v) is 3.04. The maximum atomic E-state index is 11.4. The molecule has 0 bridgehead atoms. The Balaban J connectivity index is 0.00000133. The van der Waals surface area contributed by atoms with Crippen LogP contribution in [0.25, 0.3) is 10.9 Å². The number of hydrogen-bond acceptors (Lipinski definition) is 2. The topological polar surface area (TPSA) is 84.9 Å². The van der Waals surface area contributed by atoms with Crippen molar-refractivity contribution in [1.29, 1.82) is 0 Å². The van der Waals surface area contributed by atoms with E-state index in [1.165, 1.54) is 5.56 Å². The fraction of sp³-hybridized carbons (Fsp3) is 0.357. The molecule has 5 heteroatoms. The highest BCUT2D eigenvalue weighted by Gasteiger charge is 2.25. The summed E-state index contributed by atoms with van der Waals surface area (Å²) in [5, 5.41) is 1.10. The van der Waals surface area contributed by atoms with Gasteiger partial charge in [-0.15, -0.1) is 12.4 Å². The minimum Gasteiger partial charge on any atom is -0.366 e. The Morgan fingerprint density at radius 2 is 2.05 bits per heavy atom. The first kappa shape index (κ1) is 13.9. The zero-order valence-corrected chi connectivity index (χ0v) is 11.4. The van der Waals surface area contributed by atoms with Crippen molar-refractivity contribution in [3.05, 3.63) is 35.5 Å². The molecule has 1 aliphatic rings. The highest BCUT2D eigenvalue weighted by atomic mass is 35.5. The van der Waals surface area contributed by atoms with Crippen molar-refractivity contribution < 1.29 is 4.79 Å². The Bertz CT molecular complexity index is 608. The maximum absolute atomic E-state index is 11.4. The molecule has 1 fully saturated rings. The van der Waals surface area contributed by atoms with Gasteiger partial charge in [0.1, 0.15) is 0 Å². The number of nitrogens with two attached hydrogens (primary N) is 2. The van der Waals surface area contributed by atoms with Gasteiger partial charge in [0, 0.05) is 17.6 Å². The Morgan fingerprint density at radius 1 is 1.26 bits per heavy atom. The summed E-state index contributed by atoms with van der Waals surface area (Å²) in [7, 11) is 0. The van der Waals surface area contributed by atoms with Gasteiger partial charge in [-0.3, -0.25) is 4.79 Å². The Morgan fingerprint density at radius 3 is 2.68 bits per heavy atom. The number of carbonyl (C=O) groups excluding carboxylic acids is 1. The van der Waals surface area contributed by atoms with Crippen LogP contribution in [-0.4, -0.2) is 16.9 Å². The van der Waals surface area contributed by atoms with Gasteiger partial charge in [0.25, 0.3) is 5.91 Å². The first-order valence-corrected chi connectivity index (χ1v) is 6.32. The van der Waals surface area contributed by atoms with Crippen LogP contribution in [0.2, 0.25) is 0 Å². The lowest BCUT2D eigenvalue weighted by Gasteiger charge is -2.12. The lowest BCUT2D eigenvalue weighted by Crippen LogP contribution is -2.14. The molecule has 0 unspecified atom stereocenters. The lowest BCUT2D eigenvalue weighted by molar-refractivity contribution is 0.100. The molecule has 5 N–H and O–H groups in total. The molecule has 1 aromatic heterocycles. The summed E-state index contributed by atoms with van der Waals surface area (Å²) < 4.78 is 0. The molecule has 1 saturated carbocycles. The zero-order valence-electron chi connectivity index (χ0n) is 10.6. The summed E-state index contributed by atoms with van der Waals surface area (Å²) in [6, 6.07) is 6.17. The van der Waals surface area contributed by atoms with Gasteiger partial charge >= 0.3 is 0 Å². The smallest absolute Gasteiger partial charge is 0.250 e. The second kappa shape index (κ2) is 5.23. The highest BCUT2D eigenvalue weighted by molar-refractivity contribution is 6.05. The van der Waals surface area contributed by atoms with Crippen molar-refractivity contribution in [2.24, 2.45) is 11.5 Å². The molecule has 3 rings (SSSR count). The van der Waals surface area contributed by atoms with E-state index in [0.717, 1.165) is 30.2 Å². The average Bonchev–Trinajstić information content (AvgIpc) is 2.95. The number of amides is 1. The van der Waals surface area contributed by atoms with Crippen molar-refractivity contribution in [2.75, 3.05) is 0 Å². The molecule has 102 valence electrons. The SMILES string of the molecule is Cl.NC(=O)c1ccc([C@@H]2CC[C@@H](N)C2)c2cc[nH]c12. The van der Waals surface area contributed by atoms with Gasteiger partial charge in [-0.25, -0.2) is 0 Å². The third-order valence-corrected chi connectivity index (χ3v) is 3.94. The first-order valence-electron chi connectivity index (χ1n) is 6.32. The monoisotopic (exact) mass is 279 g/mol. The van der Waals surface area contributed by atoms with Crippen molar-refractivity contribution in [1.82, 2.24) is 4.98 Å². The summed E-state index contributed by atoms with van der Waals surface area (Å²) in [4.78, 5) is 14.5. The standard InChI is InChI=1S/C14H17N3O.ClH/c15-9-2-1-8(7-9)10-3-4-12(14(16)18)13-11(10)5-6-17-13;/h3-6,8-9,17H,1-2,7,15H2,(H2,16,18);1H/t8-,9-;/m1./s1. The normalized spacial score (nSPS) is 22.4. The number of rotatable bonds is 2. The zero-order chi connectivity index (χ0) is 12.7. The second-order valence-electron chi connectivity index (χ2n) is 5.10. The van der Waals surface area contributed by atoms with Crippen LogP contribution in [0.1, 0.15) is 41.1 Å². The quantitative estimate of drug-likeness (QED) is 0.788. The summed E-state index contributed by atoms with van der Waals surface area (Å²) >= 11 is 0. The molecule has 2 atom stereocenters. The number of H-pyrrole nitrogens is 1. The number of halogens is 1. The van der Waals surface area contributed by atoms with E-state index in [0.29, 0.717) is 17.5 Å². The molecule has 0 spiro atoms. The Labute approximate surface area is 118 Å². The van der Waals surface area contributed by atoms with Crippen molar-refractivity contribution in [3.8, 4) is 0 Å². The van der Waals surface area contributed by atoms with E-state index < -0.39 is 5.91 Å². The molecule has 1 aromatic carbocycles. The summed E-state index contributed by atoms with van der Waals surface area (Å²) in [5.74, 6) is 0.109. The number of hydrogen-bond donors (Lipinski definition) is 3. The van der Waals surface area contributed by atoms with Gasteiger partial charge in [-0.05, 0) is 42.9 Å². The van der Waals surface area contributed by atoms with Gasteiger partial charge in [-0.1, -0.05) is 6.07 Å². The van der Waals surface area contributed by atoms with Crippen molar-refractivity contribution in [3.63, 3.8) is 0 Å². The number of nitrogens with one attached hydrogen (secondary N) is 1. The number of carbonyl (C=O) groups is 1. The number of fused-ring (bicyclic) bond motifs is 1. The van der Waals surface area contributed by atoms with E-state index >= 15 is 0 Å².